The van der Waals surface area contributed by atoms with E-state index in [2.05, 4.69) is 29.2 Å². The monoisotopic (exact) mass is 211 g/mol. The minimum Gasteiger partial charge on any atom is -0.314 e. The number of hydrogen-bond acceptors (Lipinski definition) is 4. The normalized spacial score (nSPS) is 17.4. The van der Waals surface area contributed by atoms with Crippen LogP contribution < -0.4 is 5.32 Å². The van der Waals surface area contributed by atoms with E-state index in [0.29, 0.717) is 0 Å². The summed E-state index contributed by atoms with van der Waals surface area (Å²) in [6.45, 7) is 5.47. The molecule has 0 aliphatic carbocycles. The molecule has 1 aromatic heterocycles. The summed E-state index contributed by atoms with van der Waals surface area (Å²) in [5.41, 5.74) is 0. The fraction of sp³-hybridized carbons (Fsp3) is 0.700. The van der Waals surface area contributed by atoms with Crippen molar-refractivity contribution in [2.45, 2.75) is 25.9 Å². The Hall–Kier alpha value is -0.450. The molecule has 1 aliphatic rings. The molecule has 4 heteroatoms. The minimum absolute atomic E-state index is 0.724. The van der Waals surface area contributed by atoms with Gasteiger partial charge in [0.25, 0.3) is 0 Å². The Morgan fingerprint density at radius 1 is 1.64 bits per heavy atom. The van der Waals surface area contributed by atoms with Crippen LogP contribution in [0.1, 0.15) is 16.8 Å². The van der Waals surface area contributed by atoms with Crippen molar-refractivity contribution in [3.05, 3.63) is 16.1 Å². The molecular formula is C10H17N3S. The molecule has 0 atom stereocenters. The minimum atomic E-state index is 0.724. The van der Waals surface area contributed by atoms with Crippen molar-refractivity contribution in [1.29, 1.82) is 0 Å². The summed E-state index contributed by atoms with van der Waals surface area (Å²) in [6, 6.07) is 0.724. The lowest BCUT2D eigenvalue weighted by Gasteiger charge is -2.35. The molecule has 78 valence electrons. The zero-order valence-corrected chi connectivity index (χ0v) is 9.60. The highest BCUT2D eigenvalue weighted by Crippen LogP contribution is 2.16. The lowest BCUT2D eigenvalue weighted by molar-refractivity contribution is 0.174. The van der Waals surface area contributed by atoms with Crippen molar-refractivity contribution in [3.63, 3.8) is 0 Å². The molecule has 1 fully saturated rings. The summed E-state index contributed by atoms with van der Waals surface area (Å²) in [4.78, 5) is 8.16. The van der Waals surface area contributed by atoms with Gasteiger partial charge in [0, 0.05) is 36.8 Å². The Morgan fingerprint density at radius 2 is 2.43 bits per heavy atom. The van der Waals surface area contributed by atoms with Crippen LogP contribution in [-0.4, -0.2) is 36.1 Å². The third kappa shape index (κ3) is 2.13. The molecule has 0 saturated carbocycles. The SMILES string of the molecule is CCc1ncc(CN(C)C2CNC2)s1. The van der Waals surface area contributed by atoms with Crippen LogP contribution in [0.2, 0.25) is 0 Å². The quantitative estimate of drug-likeness (QED) is 0.808. The lowest BCUT2D eigenvalue weighted by atomic mass is 10.1. The molecule has 1 saturated heterocycles. The van der Waals surface area contributed by atoms with Crippen LogP contribution in [0.15, 0.2) is 6.20 Å². The van der Waals surface area contributed by atoms with Gasteiger partial charge in [-0.25, -0.2) is 4.98 Å². The van der Waals surface area contributed by atoms with Gasteiger partial charge >= 0.3 is 0 Å². The second-order valence-corrected chi connectivity index (χ2v) is 5.00. The molecular weight excluding hydrogens is 194 g/mol. The van der Waals surface area contributed by atoms with Crippen molar-refractivity contribution in [2.75, 3.05) is 20.1 Å². The van der Waals surface area contributed by atoms with E-state index in [1.165, 1.54) is 9.88 Å². The zero-order chi connectivity index (χ0) is 9.97. The van der Waals surface area contributed by atoms with Crippen LogP contribution in [-0.2, 0) is 13.0 Å². The maximum absolute atomic E-state index is 4.37. The molecule has 0 bridgehead atoms. The van der Waals surface area contributed by atoms with E-state index in [4.69, 9.17) is 0 Å². The Labute approximate surface area is 89.1 Å². The molecule has 0 amide bonds. The van der Waals surface area contributed by atoms with Crippen LogP contribution in [0.5, 0.6) is 0 Å². The van der Waals surface area contributed by atoms with Crippen molar-refractivity contribution >= 4 is 11.3 Å². The standard InChI is InChI=1S/C10H17N3S/c1-3-10-12-6-9(14-10)7-13(2)8-4-11-5-8/h6,8,11H,3-5,7H2,1-2H3. The van der Waals surface area contributed by atoms with Crippen LogP contribution >= 0.6 is 11.3 Å². The maximum Gasteiger partial charge on any atom is 0.0925 e. The average Bonchev–Trinajstić information content (AvgIpc) is 2.48. The first kappa shape index (κ1) is 10.1. The second-order valence-electron chi connectivity index (χ2n) is 3.80. The number of rotatable bonds is 4. The summed E-state index contributed by atoms with van der Waals surface area (Å²) in [5, 5.41) is 4.54. The van der Waals surface area contributed by atoms with E-state index in [1.807, 2.05) is 17.5 Å². The van der Waals surface area contributed by atoms with Gasteiger partial charge in [-0.1, -0.05) is 6.92 Å². The summed E-state index contributed by atoms with van der Waals surface area (Å²) in [6.07, 6.45) is 3.07. The first-order valence-electron chi connectivity index (χ1n) is 5.14. The summed E-state index contributed by atoms with van der Waals surface area (Å²) < 4.78 is 0. The Bertz CT molecular complexity index is 293. The Morgan fingerprint density at radius 3 is 2.93 bits per heavy atom. The highest BCUT2D eigenvalue weighted by molar-refractivity contribution is 7.11. The number of nitrogens with zero attached hydrogens (tertiary/aromatic N) is 2. The van der Waals surface area contributed by atoms with Crippen LogP contribution in [0.25, 0.3) is 0 Å². The Kier molecular flexibility index (Phi) is 3.15. The van der Waals surface area contributed by atoms with Crippen LogP contribution in [0.4, 0.5) is 0 Å². The number of likely N-dealkylation sites (N-methyl/N-ethyl adjacent to an activating group) is 1. The Balaban J connectivity index is 1.89. The molecule has 2 heterocycles. The van der Waals surface area contributed by atoms with Gasteiger partial charge in [-0.3, -0.25) is 4.90 Å². The molecule has 0 unspecified atom stereocenters. The highest BCUT2D eigenvalue weighted by atomic mass is 32.1. The van der Waals surface area contributed by atoms with Gasteiger partial charge in [-0.05, 0) is 13.5 Å². The van der Waals surface area contributed by atoms with Crippen molar-refractivity contribution in [1.82, 2.24) is 15.2 Å². The van der Waals surface area contributed by atoms with Crippen molar-refractivity contribution < 1.29 is 0 Å². The largest absolute Gasteiger partial charge is 0.314 e. The molecule has 1 aliphatic heterocycles. The van der Waals surface area contributed by atoms with Gasteiger partial charge in [-0.2, -0.15) is 0 Å². The van der Waals surface area contributed by atoms with Gasteiger partial charge in [0.05, 0.1) is 5.01 Å². The molecule has 0 aromatic carbocycles. The van der Waals surface area contributed by atoms with Crippen LogP contribution in [0, 0.1) is 0 Å². The molecule has 1 aromatic rings. The van der Waals surface area contributed by atoms with E-state index in [0.717, 1.165) is 32.1 Å². The van der Waals surface area contributed by atoms with E-state index in [9.17, 15) is 0 Å². The fourth-order valence-electron chi connectivity index (χ4n) is 1.54. The summed E-state index contributed by atoms with van der Waals surface area (Å²) >= 11 is 1.84. The third-order valence-corrected chi connectivity index (χ3v) is 3.82. The smallest absolute Gasteiger partial charge is 0.0925 e. The predicted octanol–water partition coefficient (Wildman–Crippen LogP) is 1.11. The number of thiazole rings is 1. The first-order chi connectivity index (χ1) is 6.79. The van der Waals surface area contributed by atoms with E-state index < -0.39 is 0 Å². The second kappa shape index (κ2) is 4.38. The number of aryl methyl sites for hydroxylation is 1. The van der Waals surface area contributed by atoms with Gasteiger partial charge in [0.1, 0.15) is 0 Å². The van der Waals surface area contributed by atoms with Crippen molar-refractivity contribution in [3.8, 4) is 0 Å². The molecule has 1 N–H and O–H groups in total. The van der Waals surface area contributed by atoms with Gasteiger partial charge in [0.2, 0.25) is 0 Å². The predicted molar refractivity (Wildman–Crippen MR) is 59.6 cm³/mol. The molecule has 2 rings (SSSR count). The number of aromatic nitrogens is 1. The van der Waals surface area contributed by atoms with E-state index >= 15 is 0 Å². The van der Waals surface area contributed by atoms with Gasteiger partial charge in [0.15, 0.2) is 0 Å². The average molecular weight is 211 g/mol. The number of hydrogen-bond donors (Lipinski definition) is 1. The summed E-state index contributed by atoms with van der Waals surface area (Å²) in [5.74, 6) is 0. The third-order valence-electron chi connectivity index (χ3n) is 2.69. The van der Waals surface area contributed by atoms with E-state index in [-0.39, 0.29) is 0 Å². The topological polar surface area (TPSA) is 28.2 Å². The first-order valence-corrected chi connectivity index (χ1v) is 5.95. The van der Waals surface area contributed by atoms with Crippen LogP contribution in [0.3, 0.4) is 0 Å². The van der Waals surface area contributed by atoms with Gasteiger partial charge in [-0.15, -0.1) is 11.3 Å². The van der Waals surface area contributed by atoms with Crippen molar-refractivity contribution in [2.24, 2.45) is 0 Å². The van der Waals surface area contributed by atoms with Gasteiger partial charge < -0.3 is 5.32 Å². The number of nitrogens with one attached hydrogen (secondary N) is 1. The molecule has 3 nitrogen and oxygen atoms in total. The van der Waals surface area contributed by atoms with E-state index in [1.54, 1.807) is 0 Å². The maximum atomic E-state index is 4.37. The highest BCUT2D eigenvalue weighted by Gasteiger charge is 2.21. The molecule has 0 spiro atoms. The zero-order valence-electron chi connectivity index (χ0n) is 8.79. The fourth-order valence-corrected chi connectivity index (χ4v) is 2.47. The molecule has 0 radical (unpaired) electrons. The summed E-state index contributed by atoms with van der Waals surface area (Å²) in [7, 11) is 2.19. The lowest BCUT2D eigenvalue weighted by Crippen LogP contribution is -2.55. The molecule has 14 heavy (non-hydrogen) atoms.